The predicted molar refractivity (Wildman–Crippen MR) is 93.7 cm³/mol. The molecule has 0 heterocycles. The van der Waals surface area contributed by atoms with Crippen molar-refractivity contribution < 1.29 is 4.79 Å². The zero-order valence-corrected chi connectivity index (χ0v) is 14.7. The lowest BCUT2D eigenvalue weighted by Gasteiger charge is -2.08. The zero-order valence-electron chi connectivity index (χ0n) is 13.9. The van der Waals surface area contributed by atoms with Crippen molar-refractivity contribution >= 4 is 18.0 Å². The first-order valence-electron chi connectivity index (χ1n) is 8.86. The molecule has 0 aliphatic carbocycles. The van der Waals surface area contributed by atoms with Crippen LogP contribution in [0.25, 0.3) is 0 Å². The molecule has 0 aromatic carbocycles. The Labute approximate surface area is 131 Å². The first kappa shape index (κ1) is 20.0. The van der Waals surface area contributed by atoms with Crippen LogP contribution in [0.2, 0.25) is 0 Å². The lowest BCUT2D eigenvalue weighted by atomic mass is 10.0. The normalized spacial score (nSPS) is 12.5. The molecule has 0 saturated carbocycles. The quantitative estimate of drug-likeness (QED) is 0.242. The van der Waals surface area contributed by atoms with Crippen molar-refractivity contribution in [2.45, 2.75) is 103 Å². The van der Waals surface area contributed by atoms with Crippen molar-refractivity contribution in [2.75, 3.05) is 5.75 Å². The summed E-state index contributed by atoms with van der Waals surface area (Å²) in [6.07, 6.45) is 19.3. The van der Waals surface area contributed by atoms with Crippen molar-refractivity contribution in [2.24, 2.45) is 0 Å². The fraction of sp³-hybridized carbons (Fsp3) is 0.944. The third-order valence-corrected chi connectivity index (χ3v) is 5.05. The van der Waals surface area contributed by atoms with E-state index in [-0.39, 0.29) is 0 Å². The van der Waals surface area contributed by atoms with E-state index in [1.54, 1.807) is 11.8 Å². The average Bonchev–Trinajstić information content (AvgIpc) is 2.46. The van der Waals surface area contributed by atoms with Gasteiger partial charge in [0.25, 0.3) is 0 Å². The molecule has 1 nitrogen and oxygen atoms in total. The standard InChI is InChI=1S/C18H36OS/c1-3-4-5-6-7-8-9-10-11-12-13-14-15-18(2)20-17-16-19/h16,18H,3-15,17H2,1-2H3. The van der Waals surface area contributed by atoms with Gasteiger partial charge in [-0.25, -0.2) is 0 Å². The Morgan fingerprint density at radius 2 is 1.25 bits per heavy atom. The third kappa shape index (κ3) is 16.1. The molecule has 0 saturated heterocycles. The van der Waals surface area contributed by atoms with E-state index in [1.165, 1.54) is 83.5 Å². The molecule has 0 aromatic rings. The van der Waals surface area contributed by atoms with Crippen LogP contribution in [0.1, 0.15) is 97.3 Å². The molecular formula is C18H36OS. The van der Waals surface area contributed by atoms with Gasteiger partial charge in [-0.2, -0.15) is 11.8 Å². The van der Waals surface area contributed by atoms with Gasteiger partial charge in [0.1, 0.15) is 6.29 Å². The highest BCUT2D eigenvalue weighted by atomic mass is 32.2. The van der Waals surface area contributed by atoms with E-state index < -0.39 is 0 Å². The van der Waals surface area contributed by atoms with Gasteiger partial charge in [0.05, 0.1) is 0 Å². The minimum absolute atomic E-state index is 0.656. The molecule has 0 aliphatic heterocycles. The van der Waals surface area contributed by atoms with Crippen molar-refractivity contribution in [3.05, 3.63) is 0 Å². The summed E-state index contributed by atoms with van der Waals surface area (Å²) < 4.78 is 0. The van der Waals surface area contributed by atoms with Crippen LogP contribution in [0.3, 0.4) is 0 Å². The van der Waals surface area contributed by atoms with Gasteiger partial charge in [0.2, 0.25) is 0 Å². The van der Waals surface area contributed by atoms with E-state index in [2.05, 4.69) is 13.8 Å². The van der Waals surface area contributed by atoms with Crippen molar-refractivity contribution in [1.29, 1.82) is 0 Å². The van der Waals surface area contributed by atoms with Gasteiger partial charge >= 0.3 is 0 Å². The monoisotopic (exact) mass is 300 g/mol. The maximum atomic E-state index is 10.3. The highest BCUT2D eigenvalue weighted by Gasteiger charge is 2.01. The lowest BCUT2D eigenvalue weighted by Crippen LogP contribution is -1.98. The molecule has 0 aromatic heterocycles. The molecule has 0 aliphatic rings. The fourth-order valence-corrected chi connectivity index (χ4v) is 3.30. The van der Waals surface area contributed by atoms with Crippen molar-refractivity contribution in [3.63, 3.8) is 0 Å². The summed E-state index contributed by atoms with van der Waals surface area (Å²) in [6, 6.07) is 0. The van der Waals surface area contributed by atoms with Crippen molar-refractivity contribution in [3.8, 4) is 0 Å². The molecule has 0 fully saturated rings. The Kier molecular flexibility index (Phi) is 17.1. The van der Waals surface area contributed by atoms with Crippen LogP contribution in [-0.2, 0) is 4.79 Å². The molecular weight excluding hydrogens is 264 g/mol. The van der Waals surface area contributed by atoms with Gasteiger partial charge in [-0.05, 0) is 6.42 Å². The Morgan fingerprint density at radius 3 is 1.70 bits per heavy atom. The molecule has 2 heteroatoms. The van der Waals surface area contributed by atoms with E-state index in [4.69, 9.17) is 0 Å². The molecule has 0 bridgehead atoms. The van der Waals surface area contributed by atoms with E-state index in [0.717, 1.165) is 6.29 Å². The van der Waals surface area contributed by atoms with Gasteiger partial charge in [0.15, 0.2) is 0 Å². The fourth-order valence-electron chi connectivity index (χ4n) is 2.56. The molecule has 0 N–H and O–H groups in total. The number of hydrogen-bond acceptors (Lipinski definition) is 2. The summed E-state index contributed by atoms with van der Waals surface area (Å²) in [7, 11) is 0. The van der Waals surface area contributed by atoms with E-state index in [1.807, 2.05) is 0 Å². The second-order valence-corrected chi connectivity index (χ2v) is 7.46. The van der Waals surface area contributed by atoms with Crippen LogP contribution in [0.15, 0.2) is 0 Å². The molecule has 20 heavy (non-hydrogen) atoms. The van der Waals surface area contributed by atoms with Crippen LogP contribution < -0.4 is 0 Å². The number of thioether (sulfide) groups is 1. The van der Waals surface area contributed by atoms with Gasteiger partial charge in [-0.3, -0.25) is 0 Å². The Bertz CT molecular complexity index is 194. The van der Waals surface area contributed by atoms with Gasteiger partial charge in [-0.1, -0.05) is 90.9 Å². The van der Waals surface area contributed by atoms with Gasteiger partial charge in [0, 0.05) is 11.0 Å². The number of aldehydes is 1. The molecule has 120 valence electrons. The molecule has 0 radical (unpaired) electrons. The highest BCUT2D eigenvalue weighted by Crippen LogP contribution is 2.17. The molecule has 0 rings (SSSR count). The molecule has 0 amide bonds. The molecule has 1 unspecified atom stereocenters. The number of carbonyl (C=O) groups excluding carboxylic acids is 1. The number of hydrogen-bond donors (Lipinski definition) is 0. The topological polar surface area (TPSA) is 17.1 Å². The minimum Gasteiger partial charge on any atom is -0.302 e. The van der Waals surface area contributed by atoms with E-state index in [9.17, 15) is 4.79 Å². The van der Waals surface area contributed by atoms with E-state index >= 15 is 0 Å². The number of unbranched alkanes of at least 4 members (excludes halogenated alkanes) is 11. The summed E-state index contributed by atoms with van der Waals surface area (Å²) in [4.78, 5) is 10.3. The second-order valence-electron chi connectivity index (χ2n) is 5.99. The van der Waals surface area contributed by atoms with Crippen LogP contribution in [0, 0.1) is 0 Å². The maximum absolute atomic E-state index is 10.3. The Morgan fingerprint density at radius 1 is 0.800 bits per heavy atom. The minimum atomic E-state index is 0.656. The lowest BCUT2D eigenvalue weighted by molar-refractivity contribution is -0.105. The van der Waals surface area contributed by atoms with Crippen LogP contribution in [0.5, 0.6) is 0 Å². The average molecular weight is 301 g/mol. The summed E-state index contributed by atoms with van der Waals surface area (Å²) in [5.74, 6) is 0.666. The van der Waals surface area contributed by atoms with Gasteiger partial charge in [-0.15, -0.1) is 0 Å². The first-order valence-corrected chi connectivity index (χ1v) is 9.91. The predicted octanol–water partition coefficient (Wildman–Crippen LogP) is 6.40. The Balaban J connectivity index is 3.04. The molecule has 1 atom stereocenters. The summed E-state index contributed by atoms with van der Waals surface area (Å²) in [5, 5.41) is 0.656. The largest absolute Gasteiger partial charge is 0.302 e. The third-order valence-electron chi connectivity index (χ3n) is 3.91. The highest BCUT2D eigenvalue weighted by molar-refractivity contribution is 8.00. The summed E-state index contributed by atoms with van der Waals surface area (Å²) >= 11 is 1.79. The maximum Gasteiger partial charge on any atom is 0.129 e. The van der Waals surface area contributed by atoms with Crippen LogP contribution >= 0.6 is 11.8 Å². The van der Waals surface area contributed by atoms with Crippen LogP contribution in [0.4, 0.5) is 0 Å². The summed E-state index contributed by atoms with van der Waals surface area (Å²) in [5.41, 5.74) is 0. The Hall–Kier alpha value is 0.0200. The SMILES string of the molecule is CCCCCCCCCCCCCCC(C)SCC=O. The smallest absolute Gasteiger partial charge is 0.129 e. The second kappa shape index (κ2) is 17.1. The number of carbonyl (C=O) groups is 1. The van der Waals surface area contributed by atoms with Gasteiger partial charge < -0.3 is 4.79 Å². The summed E-state index contributed by atoms with van der Waals surface area (Å²) in [6.45, 7) is 4.52. The zero-order chi connectivity index (χ0) is 14.9. The number of rotatable bonds is 16. The molecule has 0 spiro atoms. The first-order chi connectivity index (χ1) is 9.81. The van der Waals surface area contributed by atoms with Crippen LogP contribution in [-0.4, -0.2) is 17.3 Å². The van der Waals surface area contributed by atoms with E-state index in [0.29, 0.717) is 11.0 Å². The van der Waals surface area contributed by atoms with Crippen molar-refractivity contribution in [1.82, 2.24) is 0 Å².